The van der Waals surface area contributed by atoms with Crippen LogP contribution in [0.2, 0.25) is 0 Å². The van der Waals surface area contributed by atoms with Gasteiger partial charge in [-0.25, -0.2) is 0 Å². The van der Waals surface area contributed by atoms with Crippen LogP contribution < -0.4 is 0 Å². The molecule has 0 amide bonds. The van der Waals surface area contributed by atoms with Crippen LogP contribution in [0.15, 0.2) is 30.3 Å². The van der Waals surface area contributed by atoms with Gasteiger partial charge in [0.25, 0.3) is 0 Å². The molecule has 1 aromatic carbocycles. The zero-order valence-corrected chi connectivity index (χ0v) is 12.1. The number of hydrogen-bond donors (Lipinski definition) is 0. The summed E-state index contributed by atoms with van der Waals surface area (Å²) in [6, 6.07) is 12.1. The first-order valence-electron chi connectivity index (χ1n) is 7.05. The number of hydrogen-bond acceptors (Lipinski definition) is 2. The molecule has 1 aromatic rings. The average Bonchev–Trinajstić information content (AvgIpc) is 2.87. The molecule has 0 bridgehead atoms. The summed E-state index contributed by atoms with van der Waals surface area (Å²) in [6.07, 6.45) is 1.33. The molecule has 0 aliphatic carbocycles. The Morgan fingerprint density at radius 3 is 2.44 bits per heavy atom. The van der Waals surface area contributed by atoms with E-state index in [2.05, 4.69) is 68.1 Å². The van der Waals surface area contributed by atoms with E-state index in [0.717, 1.165) is 5.92 Å². The van der Waals surface area contributed by atoms with Crippen LogP contribution in [-0.2, 0) is 0 Å². The summed E-state index contributed by atoms with van der Waals surface area (Å²) in [6.45, 7) is 7.15. The maximum atomic E-state index is 2.62. The second kappa shape index (κ2) is 5.85. The summed E-state index contributed by atoms with van der Waals surface area (Å²) >= 11 is 0. The Morgan fingerprint density at radius 1 is 1.17 bits per heavy atom. The van der Waals surface area contributed by atoms with Gasteiger partial charge >= 0.3 is 0 Å². The lowest BCUT2D eigenvalue weighted by atomic mass is 10.00. The first-order valence-corrected chi connectivity index (χ1v) is 7.05. The Morgan fingerprint density at radius 2 is 1.83 bits per heavy atom. The molecule has 0 saturated carbocycles. The fraction of sp³-hybridized carbons (Fsp3) is 0.625. The lowest BCUT2D eigenvalue weighted by Crippen LogP contribution is -2.34. The van der Waals surface area contributed by atoms with Crippen molar-refractivity contribution in [3.8, 4) is 0 Å². The molecular formula is C16H26N2. The summed E-state index contributed by atoms with van der Waals surface area (Å²) in [7, 11) is 4.38. The zero-order valence-electron chi connectivity index (χ0n) is 12.1. The van der Waals surface area contributed by atoms with Crippen molar-refractivity contribution in [3.63, 3.8) is 0 Å². The summed E-state index contributed by atoms with van der Waals surface area (Å²) in [4.78, 5) is 4.97. The van der Waals surface area contributed by atoms with Crippen LogP contribution in [0.25, 0.3) is 0 Å². The molecule has 0 radical (unpaired) electrons. The Hall–Kier alpha value is -0.860. The number of likely N-dealkylation sites (tertiary alicyclic amines) is 1. The van der Waals surface area contributed by atoms with Crippen LogP contribution in [0.5, 0.6) is 0 Å². The van der Waals surface area contributed by atoms with Gasteiger partial charge in [-0.05, 0) is 52.4 Å². The van der Waals surface area contributed by atoms with E-state index in [4.69, 9.17) is 0 Å². The van der Waals surface area contributed by atoms with Gasteiger partial charge in [0.05, 0.1) is 0 Å². The molecule has 1 unspecified atom stereocenters. The Bertz CT molecular complexity index is 361. The Balaban J connectivity index is 1.97. The maximum absolute atomic E-state index is 2.62. The summed E-state index contributed by atoms with van der Waals surface area (Å²) in [5.41, 5.74) is 1.44. The van der Waals surface area contributed by atoms with Crippen LogP contribution in [0.3, 0.4) is 0 Å². The third-order valence-corrected chi connectivity index (χ3v) is 4.58. The van der Waals surface area contributed by atoms with E-state index in [1.807, 2.05) is 0 Å². The summed E-state index contributed by atoms with van der Waals surface area (Å²) in [5.74, 6) is 0.811. The van der Waals surface area contributed by atoms with Gasteiger partial charge in [0.2, 0.25) is 0 Å². The predicted octanol–water partition coefficient (Wildman–Crippen LogP) is 3.02. The van der Waals surface area contributed by atoms with Crippen LogP contribution >= 0.6 is 0 Å². The highest BCUT2D eigenvalue weighted by atomic mass is 15.2. The van der Waals surface area contributed by atoms with Crippen molar-refractivity contribution < 1.29 is 0 Å². The smallest absolute Gasteiger partial charge is 0.0320 e. The molecule has 1 fully saturated rings. The van der Waals surface area contributed by atoms with Crippen molar-refractivity contribution in [2.75, 3.05) is 27.2 Å². The van der Waals surface area contributed by atoms with E-state index < -0.39 is 0 Å². The van der Waals surface area contributed by atoms with Crippen LogP contribution in [-0.4, -0.2) is 43.0 Å². The third kappa shape index (κ3) is 2.93. The van der Waals surface area contributed by atoms with Gasteiger partial charge in [-0.1, -0.05) is 30.3 Å². The molecule has 2 heteroatoms. The fourth-order valence-corrected chi connectivity index (χ4v) is 2.92. The molecular weight excluding hydrogens is 220 g/mol. The van der Waals surface area contributed by atoms with Gasteiger partial charge < -0.3 is 4.90 Å². The van der Waals surface area contributed by atoms with Gasteiger partial charge in [0.1, 0.15) is 0 Å². The second-order valence-corrected chi connectivity index (χ2v) is 5.83. The lowest BCUT2D eigenvalue weighted by Gasteiger charge is -2.28. The largest absolute Gasteiger partial charge is 0.306 e. The monoisotopic (exact) mass is 246 g/mol. The quantitative estimate of drug-likeness (QED) is 0.806. The highest BCUT2D eigenvalue weighted by Crippen LogP contribution is 2.29. The highest BCUT2D eigenvalue weighted by Gasteiger charge is 2.30. The Labute approximate surface area is 112 Å². The molecule has 1 aliphatic heterocycles. The molecule has 100 valence electrons. The first-order chi connectivity index (χ1) is 8.59. The predicted molar refractivity (Wildman–Crippen MR) is 77.7 cm³/mol. The molecule has 2 nitrogen and oxygen atoms in total. The van der Waals surface area contributed by atoms with E-state index in [1.165, 1.54) is 25.1 Å². The van der Waals surface area contributed by atoms with Crippen molar-refractivity contribution >= 4 is 0 Å². The third-order valence-electron chi connectivity index (χ3n) is 4.58. The summed E-state index contributed by atoms with van der Waals surface area (Å²) in [5, 5.41) is 0. The minimum atomic E-state index is 0.547. The molecule has 3 atom stereocenters. The van der Waals surface area contributed by atoms with Crippen LogP contribution in [0.1, 0.15) is 31.9 Å². The van der Waals surface area contributed by atoms with Crippen LogP contribution in [0, 0.1) is 5.92 Å². The molecule has 1 heterocycles. The van der Waals surface area contributed by atoms with Gasteiger partial charge in [0, 0.05) is 18.6 Å². The molecule has 1 aliphatic rings. The number of benzene rings is 1. The van der Waals surface area contributed by atoms with Crippen molar-refractivity contribution in [2.45, 2.75) is 32.4 Å². The van der Waals surface area contributed by atoms with E-state index in [-0.39, 0.29) is 0 Å². The first kappa shape index (κ1) is 13.6. The zero-order chi connectivity index (χ0) is 13.1. The van der Waals surface area contributed by atoms with Gasteiger partial charge in [-0.2, -0.15) is 0 Å². The van der Waals surface area contributed by atoms with Crippen molar-refractivity contribution in [1.29, 1.82) is 0 Å². The standard InChI is InChI=1S/C16H26N2/c1-13(17(3)4)16-10-11-18(12-16)14(2)15-8-6-5-7-9-15/h5-9,13-14,16H,10-12H2,1-4H3/t13-,14-,16?/m0/s1. The maximum Gasteiger partial charge on any atom is 0.0320 e. The molecule has 2 rings (SSSR count). The number of rotatable bonds is 4. The lowest BCUT2D eigenvalue weighted by molar-refractivity contribution is 0.202. The van der Waals surface area contributed by atoms with Gasteiger partial charge in [0.15, 0.2) is 0 Å². The molecule has 0 spiro atoms. The van der Waals surface area contributed by atoms with E-state index in [0.29, 0.717) is 12.1 Å². The second-order valence-electron chi connectivity index (χ2n) is 5.83. The normalized spacial score (nSPS) is 24.4. The molecule has 18 heavy (non-hydrogen) atoms. The highest BCUT2D eigenvalue weighted by molar-refractivity contribution is 5.18. The average molecular weight is 246 g/mol. The van der Waals surface area contributed by atoms with E-state index in [1.54, 1.807) is 0 Å². The Kier molecular flexibility index (Phi) is 4.41. The summed E-state index contributed by atoms with van der Waals surface area (Å²) < 4.78 is 0. The molecule has 0 aromatic heterocycles. The van der Waals surface area contributed by atoms with Crippen molar-refractivity contribution in [3.05, 3.63) is 35.9 Å². The minimum Gasteiger partial charge on any atom is -0.306 e. The molecule has 1 saturated heterocycles. The van der Waals surface area contributed by atoms with Crippen molar-refractivity contribution in [2.24, 2.45) is 5.92 Å². The minimum absolute atomic E-state index is 0.547. The van der Waals surface area contributed by atoms with Gasteiger partial charge in [-0.15, -0.1) is 0 Å². The topological polar surface area (TPSA) is 6.48 Å². The van der Waals surface area contributed by atoms with E-state index >= 15 is 0 Å². The fourth-order valence-electron chi connectivity index (χ4n) is 2.92. The van der Waals surface area contributed by atoms with Crippen molar-refractivity contribution in [1.82, 2.24) is 9.80 Å². The SMILES string of the molecule is C[C@@H](C1CCN([C@@H](C)c2ccccc2)C1)N(C)C. The molecule has 0 N–H and O–H groups in total. The van der Waals surface area contributed by atoms with E-state index in [9.17, 15) is 0 Å². The van der Waals surface area contributed by atoms with Gasteiger partial charge in [-0.3, -0.25) is 4.90 Å². The van der Waals surface area contributed by atoms with Crippen LogP contribution in [0.4, 0.5) is 0 Å². The number of nitrogens with zero attached hydrogens (tertiary/aromatic N) is 2.